The van der Waals surface area contributed by atoms with E-state index in [0.29, 0.717) is 16.9 Å². The fourth-order valence-corrected chi connectivity index (χ4v) is 3.28. The van der Waals surface area contributed by atoms with E-state index < -0.39 is 23.9 Å². The van der Waals surface area contributed by atoms with Gasteiger partial charge in [0.1, 0.15) is 23.4 Å². The highest BCUT2D eigenvalue weighted by Crippen LogP contribution is 2.30. The Balaban J connectivity index is 1.90. The summed E-state index contributed by atoms with van der Waals surface area (Å²) in [6.07, 6.45) is 0.961. The number of halogens is 1. The van der Waals surface area contributed by atoms with Crippen molar-refractivity contribution < 1.29 is 28.9 Å². The fraction of sp³-hybridized carbons (Fsp3) is 0.280. The molecule has 10 nitrogen and oxygen atoms in total. The fourth-order valence-electron chi connectivity index (χ4n) is 3.28. The zero-order valence-electron chi connectivity index (χ0n) is 20.2. The van der Waals surface area contributed by atoms with Crippen LogP contribution in [-0.2, 0) is 11.2 Å². The number of carboxylic acids is 1. The number of hydrogen-bond donors (Lipinski definition) is 3. The number of aliphatic hydroxyl groups excluding tert-OH is 1. The monoisotopic (exact) mass is 497 g/mol. The molecular weight excluding hydrogens is 469 g/mol. The van der Waals surface area contributed by atoms with E-state index in [0.717, 1.165) is 0 Å². The predicted octanol–water partition coefficient (Wildman–Crippen LogP) is 2.88. The molecule has 3 aromatic rings. The van der Waals surface area contributed by atoms with Crippen LogP contribution in [-0.4, -0.2) is 77.5 Å². The molecule has 11 heteroatoms. The third-order valence-corrected chi connectivity index (χ3v) is 5.26. The van der Waals surface area contributed by atoms with Crippen LogP contribution in [0.25, 0.3) is 11.1 Å². The van der Waals surface area contributed by atoms with E-state index in [1.54, 1.807) is 68.5 Å². The van der Waals surface area contributed by atoms with Crippen molar-refractivity contribution in [3.05, 3.63) is 66.1 Å². The van der Waals surface area contributed by atoms with E-state index in [-0.39, 0.29) is 36.9 Å². The average molecular weight is 498 g/mol. The quantitative estimate of drug-likeness (QED) is 0.387. The molecule has 3 rings (SSSR count). The van der Waals surface area contributed by atoms with E-state index in [4.69, 9.17) is 4.74 Å². The highest BCUT2D eigenvalue weighted by Gasteiger charge is 2.23. The minimum absolute atomic E-state index is 0.0692. The van der Waals surface area contributed by atoms with Gasteiger partial charge in [-0.05, 0) is 23.8 Å². The van der Waals surface area contributed by atoms with Gasteiger partial charge in [0.15, 0.2) is 0 Å². The number of carboxylic acid groups (broad SMARTS) is 1. The molecule has 1 aromatic heterocycles. The normalized spacial score (nSPS) is 11.5. The number of carbonyl (C=O) groups is 2. The Hall–Kier alpha value is -4.25. The maximum Gasteiger partial charge on any atom is 0.414 e. The maximum absolute atomic E-state index is 14.6. The Morgan fingerprint density at radius 2 is 1.78 bits per heavy atom. The van der Waals surface area contributed by atoms with Crippen LogP contribution in [0.1, 0.15) is 5.56 Å². The van der Waals surface area contributed by atoms with Gasteiger partial charge >= 0.3 is 12.1 Å². The minimum Gasteiger partial charge on any atom is -0.480 e. The zero-order valence-corrected chi connectivity index (χ0v) is 20.2. The Kier molecular flexibility index (Phi) is 8.74. The molecule has 0 aliphatic carbocycles. The smallest absolute Gasteiger partial charge is 0.414 e. The van der Waals surface area contributed by atoms with Crippen LogP contribution in [0, 0.1) is 5.82 Å². The summed E-state index contributed by atoms with van der Waals surface area (Å²) in [4.78, 5) is 35.4. The second-order valence-electron chi connectivity index (χ2n) is 8.20. The Morgan fingerprint density at radius 1 is 1.08 bits per heavy atom. The van der Waals surface area contributed by atoms with Gasteiger partial charge in [-0.15, -0.1) is 0 Å². The van der Waals surface area contributed by atoms with Crippen LogP contribution in [0.2, 0.25) is 0 Å². The summed E-state index contributed by atoms with van der Waals surface area (Å²) in [6.45, 7) is 0.126. The van der Waals surface area contributed by atoms with E-state index >= 15 is 0 Å². The van der Waals surface area contributed by atoms with Crippen LogP contribution in [0.15, 0.2) is 54.7 Å². The van der Waals surface area contributed by atoms with Gasteiger partial charge in [0.05, 0.1) is 6.61 Å². The van der Waals surface area contributed by atoms with Crippen LogP contribution in [0.5, 0.6) is 5.75 Å². The largest absolute Gasteiger partial charge is 0.480 e. The molecule has 0 saturated carbocycles. The van der Waals surface area contributed by atoms with Gasteiger partial charge < -0.3 is 30.1 Å². The first-order valence-electron chi connectivity index (χ1n) is 11.1. The second kappa shape index (κ2) is 11.9. The molecule has 0 aliphatic rings. The molecule has 0 bridgehead atoms. The summed E-state index contributed by atoms with van der Waals surface area (Å²) in [7, 11) is 4.81. The molecule has 0 saturated heterocycles. The van der Waals surface area contributed by atoms with E-state index in [1.807, 2.05) is 0 Å². The lowest BCUT2D eigenvalue weighted by atomic mass is 10.0. The third-order valence-electron chi connectivity index (χ3n) is 5.26. The molecule has 1 heterocycles. The Bertz CT molecular complexity index is 1210. The number of ether oxygens (including phenoxy) is 1. The SMILES string of the molecule is CN(C)C(=O)Oc1ccc(C[C@H](Nc2nc(N(C)CCO)ncc2-c2ccccc2F)C(=O)O)cc1. The number of hydrogen-bond acceptors (Lipinski definition) is 8. The van der Waals surface area contributed by atoms with Crippen LogP contribution < -0.4 is 15.0 Å². The molecule has 1 amide bonds. The molecule has 2 aromatic carbocycles. The standard InChI is InChI=1S/C25H28FN5O5/c1-30(2)25(35)36-17-10-8-16(9-11-17)14-21(23(33)34)28-22-19(18-6-4-5-7-20(18)26)15-27-24(29-22)31(3)12-13-32/h4-11,15,21,32H,12-14H2,1-3H3,(H,33,34)(H,27,28,29)/t21-/m0/s1. The van der Waals surface area contributed by atoms with Gasteiger partial charge in [-0.1, -0.05) is 30.3 Å². The molecule has 0 unspecified atom stereocenters. The zero-order chi connectivity index (χ0) is 26.2. The summed E-state index contributed by atoms with van der Waals surface area (Å²) >= 11 is 0. The van der Waals surface area contributed by atoms with E-state index in [2.05, 4.69) is 15.3 Å². The number of aromatic nitrogens is 2. The molecule has 1 atom stereocenters. The average Bonchev–Trinajstić information content (AvgIpc) is 2.85. The highest BCUT2D eigenvalue weighted by molar-refractivity contribution is 5.82. The number of likely N-dealkylation sites (N-methyl/N-ethyl adjacent to an activating group) is 1. The number of nitrogens with zero attached hydrogens (tertiary/aromatic N) is 4. The second-order valence-corrected chi connectivity index (χ2v) is 8.20. The molecule has 0 fully saturated rings. The first kappa shape index (κ1) is 26.4. The summed E-state index contributed by atoms with van der Waals surface area (Å²) in [5, 5.41) is 22.1. The van der Waals surface area contributed by atoms with Gasteiger partial charge in [-0.3, -0.25) is 0 Å². The molecular formula is C25H28FN5O5. The van der Waals surface area contributed by atoms with Crippen molar-refractivity contribution in [3.63, 3.8) is 0 Å². The van der Waals surface area contributed by atoms with Crippen molar-refractivity contribution in [2.75, 3.05) is 44.5 Å². The van der Waals surface area contributed by atoms with Gasteiger partial charge in [0.25, 0.3) is 0 Å². The van der Waals surface area contributed by atoms with Crippen LogP contribution in [0.3, 0.4) is 0 Å². The predicted molar refractivity (Wildman–Crippen MR) is 133 cm³/mol. The Labute approximate surface area is 208 Å². The number of nitrogens with one attached hydrogen (secondary N) is 1. The summed E-state index contributed by atoms with van der Waals surface area (Å²) in [6, 6.07) is 11.4. The highest BCUT2D eigenvalue weighted by atomic mass is 19.1. The van der Waals surface area contributed by atoms with Crippen molar-refractivity contribution >= 4 is 23.8 Å². The number of anilines is 2. The number of amides is 1. The number of benzene rings is 2. The summed E-state index contributed by atoms with van der Waals surface area (Å²) < 4.78 is 19.8. The lowest BCUT2D eigenvalue weighted by Crippen LogP contribution is -2.32. The first-order valence-corrected chi connectivity index (χ1v) is 11.1. The number of aliphatic hydroxyl groups is 1. The van der Waals surface area contributed by atoms with Gasteiger partial charge in [0.2, 0.25) is 5.95 Å². The van der Waals surface area contributed by atoms with Gasteiger partial charge in [-0.2, -0.15) is 4.98 Å². The lowest BCUT2D eigenvalue weighted by molar-refractivity contribution is -0.137. The van der Waals surface area contributed by atoms with Crippen molar-refractivity contribution in [1.29, 1.82) is 0 Å². The van der Waals surface area contributed by atoms with Crippen LogP contribution >= 0.6 is 0 Å². The number of rotatable bonds is 10. The van der Waals surface area contributed by atoms with Gasteiger partial charge in [-0.25, -0.2) is 19.0 Å². The van der Waals surface area contributed by atoms with Crippen molar-refractivity contribution in [3.8, 4) is 16.9 Å². The van der Waals surface area contributed by atoms with E-state index in [1.165, 1.54) is 17.2 Å². The summed E-state index contributed by atoms with van der Waals surface area (Å²) in [5.74, 6) is -0.940. The molecule has 36 heavy (non-hydrogen) atoms. The number of aliphatic carboxylic acids is 1. The van der Waals surface area contributed by atoms with Crippen molar-refractivity contribution in [1.82, 2.24) is 14.9 Å². The molecule has 3 N–H and O–H groups in total. The topological polar surface area (TPSA) is 128 Å². The van der Waals surface area contributed by atoms with E-state index in [9.17, 15) is 24.2 Å². The Morgan fingerprint density at radius 3 is 2.39 bits per heavy atom. The summed E-state index contributed by atoms with van der Waals surface area (Å²) in [5.41, 5.74) is 1.18. The van der Waals surface area contributed by atoms with Crippen molar-refractivity contribution in [2.24, 2.45) is 0 Å². The molecule has 0 radical (unpaired) electrons. The van der Waals surface area contributed by atoms with Crippen molar-refractivity contribution in [2.45, 2.75) is 12.5 Å². The number of carbonyl (C=O) groups excluding carboxylic acids is 1. The first-order chi connectivity index (χ1) is 17.2. The lowest BCUT2D eigenvalue weighted by Gasteiger charge is -2.21. The third kappa shape index (κ3) is 6.66. The molecule has 0 aliphatic heterocycles. The minimum atomic E-state index is -1.14. The van der Waals surface area contributed by atoms with Gasteiger partial charge in [0, 0.05) is 51.4 Å². The van der Waals surface area contributed by atoms with Crippen LogP contribution in [0.4, 0.5) is 21.0 Å². The molecule has 0 spiro atoms. The maximum atomic E-state index is 14.6. The molecule has 190 valence electrons.